The highest BCUT2D eigenvalue weighted by Crippen LogP contribution is 2.19. The van der Waals surface area contributed by atoms with Crippen molar-refractivity contribution in [3.05, 3.63) is 24.0 Å². The highest BCUT2D eigenvalue weighted by atomic mass is 16.3. The summed E-state index contributed by atoms with van der Waals surface area (Å²) in [7, 11) is 0. The second-order valence-electron chi connectivity index (χ2n) is 4.38. The Bertz CT molecular complexity index is 343. The van der Waals surface area contributed by atoms with Gasteiger partial charge in [-0.1, -0.05) is 6.42 Å². The number of rotatable bonds is 3. The minimum Gasteiger partial charge on any atom is -0.399 e. The lowest BCUT2D eigenvalue weighted by molar-refractivity contribution is 0.0831. The third-order valence-corrected chi connectivity index (χ3v) is 3.17. The molecule has 0 aromatic carbocycles. The van der Waals surface area contributed by atoms with E-state index in [1.165, 1.54) is 12.8 Å². The Hall–Kier alpha value is -1.13. The maximum Gasteiger partial charge on any atom is 0.0587 e. The molecule has 1 atom stereocenters. The van der Waals surface area contributed by atoms with Crippen molar-refractivity contribution in [3.63, 3.8) is 0 Å². The number of aliphatic hydroxyl groups excluding tert-OH is 1. The van der Waals surface area contributed by atoms with E-state index in [1.807, 2.05) is 6.07 Å². The number of nitrogens with zero attached hydrogens (tertiary/aromatic N) is 2. The van der Waals surface area contributed by atoms with Gasteiger partial charge in [0, 0.05) is 24.5 Å². The number of aromatic nitrogens is 1. The molecule has 1 aliphatic rings. The van der Waals surface area contributed by atoms with Gasteiger partial charge in [-0.2, -0.15) is 0 Å². The minimum absolute atomic E-state index is 0.238. The van der Waals surface area contributed by atoms with Crippen molar-refractivity contribution in [2.24, 2.45) is 0 Å². The van der Waals surface area contributed by atoms with E-state index in [0.29, 0.717) is 0 Å². The quantitative estimate of drug-likeness (QED) is 0.799. The number of aliphatic hydroxyl groups is 1. The molecule has 3 N–H and O–H groups in total. The van der Waals surface area contributed by atoms with E-state index in [2.05, 4.69) is 9.88 Å². The largest absolute Gasteiger partial charge is 0.399 e. The van der Waals surface area contributed by atoms with Crippen molar-refractivity contribution in [1.29, 1.82) is 0 Å². The highest BCUT2D eigenvalue weighted by Gasteiger charge is 2.21. The summed E-state index contributed by atoms with van der Waals surface area (Å²) in [5.74, 6) is 0. The molecule has 1 aliphatic heterocycles. The molecule has 0 spiro atoms. The summed E-state index contributed by atoms with van der Waals surface area (Å²) < 4.78 is 0. The first-order chi connectivity index (χ1) is 7.79. The summed E-state index contributed by atoms with van der Waals surface area (Å²) in [6.45, 7) is 2.07. The predicted octanol–water partition coefficient (Wildman–Crippen LogP) is 1.01. The van der Waals surface area contributed by atoms with Crippen molar-refractivity contribution >= 4 is 5.69 Å². The molecule has 0 radical (unpaired) electrons. The topological polar surface area (TPSA) is 62.4 Å². The summed E-state index contributed by atoms with van der Waals surface area (Å²) in [5, 5.41) is 9.31. The van der Waals surface area contributed by atoms with Crippen molar-refractivity contribution in [2.45, 2.75) is 31.8 Å². The number of nitrogen functional groups attached to an aromatic ring is 1. The fourth-order valence-corrected chi connectivity index (χ4v) is 2.27. The van der Waals surface area contributed by atoms with Gasteiger partial charge in [-0.15, -0.1) is 0 Å². The van der Waals surface area contributed by atoms with Crippen molar-refractivity contribution in [2.75, 3.05) is 18.9 Å². The fourth-order valence-electron chi connectivity index (χ4n) is 2.27. The molecule has 1 saturated heterocycles. The number of anilines is 1. The Morgan fingerprint density at radius 3 is 3.12 bits per heavy atom. The molecule has 0 aliphatic carbocycles. The van der Waals surface area contributed by atoms with Crippen molar-refractivity contribution in [1.82, 2.24) is 9.88 Å². The number of piperidine rings is 1. The number of hydrogen-bond acceptors (Lipinski definition) is 4. The zero-order valence-corrected chi connectivity index (χ0v) is 9.47. The average molecular weight is 221 g/mol. The van der Waals surface area contributed by atoms with Crippen LogP contribution in [-0.4, -0.2) is 34.2 Å². The second-order valence-corrected chi connectivity index (χ2v) is 4.38. The fraction of sp³-hybridized carbons (Fsp3) is 0.583. The van der Waals surface area contributed by atoms with Gasteiger partial charge in [0.25, 0.3) is 0 Å². The molecule has 0 saturated carbocycles. The van der Waals surface area contributed by atoms with Gasteiger partial charge in [-0.3, -0.25) is 9.88 Å². The first-order valence-corrected chi connectivity index (χ1v) is 5.85. The number of hydrogen-bond donors (Lipinski definition) is 2. The van der Waals surface area contributed by atoms with Crippen LogP contribution in [0.5, 0.6) is 0 Å². The third kappa shape index (κ3) is 2.71. The zero-order valence-electron chi connectivity index (χ0n) is 9.47. The molecule has 1 aromatic heterocycles. The van der Waals surface area contributed by atoms with Gasteiger partial charge in [0.05, 0.1) is 12.3 Å². The summed E-state index contributed by atoms with van der Waals surface area (Å²) in [6.07, 6.45) is 5.24. The summed E-state index contributed by atoms with van der Waals surface area (Å²) >= 11 is 0. The lowest BCUT2D eigenvalue weighted by Crippen LogP contribution is -2.41. The monoisotopic (exact) mass is 221 g/mol. The summed E-state index contributed by atoms with van der Waals surface area (Å²) in [6, 6.07) is 3.99. The second kappa shape index (κ2) is 5.27. The van der Waals surface area contributed by atoms with Crippen LogP contribution in [0.15, 0.2) is 18.3 Å². The van der Waals surface area contributed by atoms with Gasteiger partial charge >= 0.3 is 0 Å². The van der Waals surface area contributed by atoms with E-state index in [0.717, 1.165) is 30.9 Å². The molecule has 16 heavy (non-hydrogen) atoms. The molecule has 2 rings (SSSR count). The number of likely N-dealkylation sites (tertiary alicyclic amines) is 1. The maximum atomic E-state index is 9.31. The van der Waals surface area contributed by atoms with Crippen LogP contribution in [0.1, 0.15) is 25.0 Å². The number of nitrogens with two attached hydrogens (primary N) is 1. The van der Waals surface area contributed by atoms with Gasteiger partial charge in [0.1, 0.15) is 0 Å². The van der Waals surface area contributed by atoms with E-state index in [-0.39, 0.29) is 12.6 Å². The Morgan fingerprint density at radius 1 is 1.50 bits per heavy atom. The van der Waals surface area contributed by atoms with E-state index < -0.39 is 0 Å². The van der Waals surface area contributed by atoms with Crippen LogP contribution < -0.4 is 5.73 Å². The van der Waals surface area contributed by atoms with E-state index in [1.54, 1.807) is 12.3 Å². The van der Waals surface area contributed by atoms with Gasteiger partial charge in [-0.05, 0) is 31.5 Å². The smallest absolute Gasteiger partial charge is 0.0587 e. The predicted molar refractivity (Wildman–Crippen MR) is 63.8 cm³/mol. The van der Waals surface area contributed by atoms with Crippen molar-refractivity contribution < 1.29 is 5.11 Å². The lowest BCUT2D eigenvalue weighted by atomic mass is 10.0. The van der Waals surface area contributed by atoms with E-state index in [4.69, 9.17) is 5.73 Å². The zero-order chi connectivity index (χ0) is 11.4. The minimum atomic E-state index is 0.238. The molecule has 4 heteroatoms. The Kier molecular flexibility index (Phi) is 3.74. The molecular weight excluding hydrogens is 202 g/mol. The molecule has 1 unspecified atom stereocenters. The lowest BCUT2D eigenvalue weighted by Gasteiger charge is -2.34. The molecule has 0 bridgehead atoms. The molecule has 4 nitrogen and oxygen atoms in total. The average Bonchev–Trinajstić information content (AvgIpc) is 2.30. The molecule has 2 heterocycles. The van der Waals surface area contributed by atoms with Gasteiger partial charge < -0.3 is 10.8 Å². The third-order valence-electron chi connectivity index (χ3n) is 3.17. The van der Waals surface area contributed by atoms with Crippen LogP contribution in [0.2, 0.25) is 0 Å². The SMILES string of the molecule is Nc1ccnc(CN2CCCCC2CO)c1. The van der Waals surface area contributed by atoms with Crippen LogP contribution in [0.25, 0.3) is 0 Å². The number of pyridine rings is 1. The Labute approximate surface area is 96.1 Å². The first-order valence-electron chi connectivity index (χ1n) is 5.85. The highest BCUT2D eigenvalue weighted by molar-refractivity contribution is 5.37. The summed E-state index contributed by atoms with van der Waals surface area (Å²) in [5.41, 5.74) is 7.46. The molecule has 0 amide bonds. The van der Waals surface area contributed by atoms with Gasteiger partial charge in [0.2, 0.25) is 0 Å². The molecule has 88 valence electrons. The summed E-state index contributed by atoms with van der Waals surface area (Å²) in [4.78, 5) is 6.60. The van der Waals surface area contributed by atoms with Gasteiger partial charge in [-0.25, -0.2) is 0 Å². The molecular formula is C12H19N3O. The van der Waals surface area contributed by atoms with Crippen LogP contribution in [-0.2, 0) is 6.54 Å². The van der Waals surface area contributed by atoms with Crippen LogP contribution in [0.3, 0.4) is 0 Å². The Morgan fingerprint density at radius 2 is 2.38 bits per heavy atom. The standard InChI is InChI=1S/C12H19N3O/c13-10-4-5-14-11(7-10)8-15-6-2-1-3-12(15)9-16/h4-5,7,12,16H,1-3,6,8-9H2,(H2,13,14). The van der Waals surface area contributed by atoms with Gasteiger partial charge in [0.15, 0.2) is 0 Å². The van der Waals surface area contributed by atoms with Crippen LogP contribution in [0.4, 0.5) is 5.69 Å². The van der Waals surface area contributed by atoms with E-state index in [9.17, 15) is 5.11 Å². The van der Waals surface area contributed by atoms with Crippen molar-refractivity contribution in [3.8, 4) is 0 Å². The normalized spacial score (nSPS) is 22.2. The Balaban J connectivity index is 2.02. The first kappa shape index (κ1) is 11.4. The van der Waals surface area contributed by atoms with Crippen LogP contribution in [0, 0.1) is 0 Å². The maximum absolute atomic E-state index is 9.31. The molecule has 1 aromatic rings. The molecule has 1 fully saturated rings. The van der Waals surface area contributed by atoms with Crippen LogP contribution >= 0.6 is 0 Å². The van der Waals surface area contributed by atoms with E-state index >= 15 is 0 Å².